The Bertz CT molecular complexity index is 1380. The number of pyridine rings is 1. The predicted molar refractivity (Wildman–Crippen MR) is 151 cm³/mol. The Hall–Kier alpha value is -3.45. The topological polar surface area (TPSA) is 55.7 Å². The van der Waals surface area contributed by atoms with Crippen LogP contribution >= 0.6 is 11.6 Å². The van der Waals surface area contributed by atoms with Crippen LogP contribution in [-0.2, 0) is 13.0 Å². The first kappa shape index (κ1) is 25.2. The third kappa shape index (κ3) is 4.80. The van der Waals surface area contributed by atoms with E-state index in [4.69, 9.17) is 26.2 Å². The van der Waals surface area contributed by atoms with Crippen molar-refractivity contribution in [3.05, 3.63) is 70.6 Å². The van der Waals surface area contributed by atoms with Crippen molar-refractivity contribution in [3.63, 3.8) is 0 Å². The zero-order valence-electron chi connectivity index (χ0n) is 22.0. The molecule has 0 radical (unpaired) electrons. The molecule has 3 heterocycles. The summed E-state index contributed by atoms with van der Waals surface area (Å²) in [7, 11) is 3.42. The molecular formula is C29H34ClN5O2. The highest BCUT2D eigenvalue weighted by Gasteiger charge is 2.28. The SMILES string of the molecule is CCCc1nn(Cc2cccnc2)c2cc(OC)c(OC)c(N3CCN(c4cccc(Cl)c4C)CC3)c12. The van der Waals surface area contributed by atoms with E-state index in [2.05, 4.69) is 51.5 Å². The lowest BCUT2D eigenvalue weighted by Gasteiger charge is -2.39. The summed E-state index contributed by atoms with van der Waals surface area (Å²) in [6.07, 6.45) is 5.59. The molecule has 2 aromatic heterocycles. The highest BCUT2D eigenvalue weighted by molar-refractivity contribution is 6.31. The maximum Gasteiger partial charge on any atom is 0.185 e. The number of benzene rings is 2. The monoisotopic (exact) mass is 519 g/mol. The third-order valence-electron chi connectivity index (χ3n) is 7.15. The number of anilines is 2. The highest BCUT2D eigenvalue weighted by Crippen LogP contribution is 2.46. The van der Waals surface area contributed by atoms with Crippen LogP contribution in [0.2, 0.25) is 5.02 Å². The molecule has 0 amide bonds. The lowest BCUT2D eigenvalue weighted by atomic mass is 10.1. The summed E-state index contributed by atoms with van der Waals surface area (Å²) in [4.78, 5) is 9.14. The summed E-state index contributed by atoms with van der Waals surface area (Å²) >= 11 is 6.42. The number of fused-ring (bicyclic) bond motifs is 1. The van der Waals surface area contributed by atoms with Crippen molar-refractivity contribution in [3.8, 4) is 11.5 Å². The molecule has 5 rings (SSSR count). The van der Waals surface area contributed by atoms with E-state index in [1.165, 1.54) is 5.69 Å². The third-order valence-corrected chi connectivity index (χ3v) is 7.56. The molecule has 0 spiro atoms. The smallest absolute Gasteiger partial charge is 0.185 e. The lowest BCUT2D eigenvalue weighted by molar-refractivity contribution is 0.355. The summed E-state index contributed by atoms with van der Waals surface area (Å²) in [5.41, 5.74) is 6.64. The van der Waals surface area contributed by atoms with Gasteiger partial charge in [-0.3, -0.25) is 9.67 Å². The first-order valence-corrected chi connectivity index (χ1v) is 13.2. The van der Waals surface area contributed by atoms with Crippen molar-refractivity contribution in [2.45, 2.75) is 33.2 Å². The van der Waals surface area contributed by atoms with Crippen LogP contribution in [-0.4, -0.2) is 55.2 Å². The van der Waals surface area contributed by atoms with Gasteiger partial charge in [0.1, 0.15) is 0 Å². The van der Waals surface area contributed by atoms with Crippen LogP contribution in [0.15, 0.2) is 48.8 Å². The molecule has 194 valence electrons. The molecule has 1 aliphatic rings. The molecule has 7 nitrogen and oxygen atoms in total. The lowest BCUT2D eigenvalue weighted by Crippen LogP contribution is -2.47. The van der Waals surface area contributed by atoms with Gasteiger partial charge in [-0.05, 0) is 42.7 Å². The molecule has 4 aromatic rings. The van der Waals surface area contributed by atoms with E-state index in [1.807, 2.05) is 24.4 Å². The van der Waals surface area contributed by atoms with E-state index < -0.39 is 0 Å². The van der Waals surface area contributed by atoms with Gasteiger partial charge in [-0.15, -0.1) is 0 Å². The number of rotatable bonds is 8. The molecule has 0 saturated carbocycles. The second-order valence-electron chi connectivity index (χ2n) is 9.43. The maximum absolute atomic E-state index is 6.42. The maximum atomic E-state index is 6.42. The van der Waals surface area contributed by atoms with E-state index in [0.29, 0.717) is 12.3 Å². The van der Waals surface area contributed by atoms with Crippen molar-refractivity contribution >= 4 is 33.9 Å². The Morgan fingerprint density at radius 2 is 1.78 bits per heavy atom. The van der Waals surface area contributed by atoms with Gasteiger partial charge in [0.25, 0.3) is 0 Å². The van der Waals surface area contributed by atoms with Crippen molar-refractivity contribution in [2.24, 2.45) is 0 Å². The van der Waals surface area contributed by atoms with Crippen molar-refractivity contribution < 1.29 is 9.47 Å². The first-order chi connectivity index (χ1) is 18.0. The zero-order valence-corrected chi connectivity index (χ0v) is 22.8. The van der Waals surface area contributed by atoms with Crippen LogP contribution < -0.4 is 19.3 Å². The Labute approximate surface area is 223 Å². The minimum absolute atomic E-state index is 0.644. The normalized spacial score (nSPS) is 13.9. The van der Waals surface area contributed by atoms with Crippen molar-refractivity contribution in [1.29, 1.82) is 0 Å². The molecule has 1 saturated heterocycles. The van der Waals surface area contributed by atoms with Crippen LogP contribution in [0.25, 0.3) is 10.9 Å². The number of aryl methyl sites for hydroxylation is 1. The number of ether oxygens (including phenoxy) is 2. The number of methoxy groups -OCH3 is 2. The summed E-state index contributed by atoms with van der Waals surface area (Å²) in [6, 6.07) is 12.2. The highest BCUT2D eigenvalue weighted by atomic mass is 35.5. The zero-order chi connectivity index (χ0) is 25.9. The van der Waals surface area contributed by atoms with Gasteiger partial charge < -0.3 is 19.3 Å². The molecule has 0 bridgehead atoms. The second-order valence-corrected chi connectivity index (χ2v) is 9.84. The molecule has 8 heteroatoms. The molecule has 1 fully saturated rings. The second kappa shape index (κ2) is 10.9. The number of aromatic nitrogens is 3. The van der Waals surface area contributed by atoms with Crippen LogP contribution in [0.5, 0.6) is 11.5 Å². The molecule has 0 unspecified atom stereocenters. The van der Waals surface area contributed by atoms with Crippen LogP contribution in [0.3, 0.4) is 0 Å². The fraction of sp³-hybridized carbons (Fsp3) is 0.379. The molecule has 0 N–H and O–H groups in total. The van der Waals surface area contributed by atoms with Gasteiger partial charge in [0, 0.05) is 55.3 Å². The first-order valence-electron chi connectivity index (χ1n) is 12.8. The van der Waals surface area contributed by atoms with E-state index in [1.54, 1.807) is 20.4 Å². The Kier molecular flexibility index (Phi) is 7.42. The van der Waals surface area contributed by atoms with Crippen molar-refractivity contribution in [1.82, 2.24) is 14.8 Å². The standard InChI is InChI=1S/C29H34ClN5O2/c1-5-8-23-27-25(35(32-23)19-21-9-7-12-31-18-21)17-26(36-3)29(37-4)28(27)34-15-13-33(14-16-34)24-11-6-10-22(30)20(24)2/h6-7,9-12,17-18H,5,8,13-16,19H2,1-4H3. The number of nitrogens with zero attached hydrogens (tertiary/aromatic N) is 5. The van der Waals surface area contributed by atoms with E-state index >= 15 is 0 Å². The molecule has 2 aromatic carbocycles. The Morgan fingerprint density at radius 3 is 2.46 bits per heavy atom. The largest absolute Gasteiger partial charge is 0.493 e. The summed E-state index contributed by atoms with van der Waals surface area (Å²) in [5, 5.41) is 7.05. The number of hydrogen-bond donors (Lipinski definition) is 0. The van der Waals surface area contributed by atoms with Crippen LogP contribution in [0, 0.1) is 6.92 Å². The minimum atomic E-state index is 0.644. The Morgan fingerprint density at radius 1 is 1.00 bits per heavy atom. The average Bonchev–Trinajstić information content (AvgIpc) is 3.26. The van der Waals surface area contributed by atoms with Gasteiger partial charge in [-0.25, -0.2) is 0 Å². The molecule has 37 heavy (non-hydrogen) atoms. The van der Waals surface area contributed by atoms with Gasteiger partial charge >= 0.3 is 0 Å². The van der Waals surface area contributed by atoms with Gasteiger partial charge in [-0.1, -0.05) is 37.1 Å². The van der Waals surface area contributed by atoms with Gasteiger partial charge in [0.15, 0.2) is 11.5 Å². The summed E-state index contributed by atoms with van der Waals surface area (Å²) < 4.78 is 13.9. The number of halogens is 1. The fourth-order valence-electron chi connectivity index (χ4n) is 5.31. The summed E-state index contributed by atoms with van der Waals surface area (Å²) in [5.74, 6) is 1.48. The summed E-state index contributed by atoms with van der Waals surface area (Å²) in [6.45, 7) is 8.40. The van der Waals surface area contributed by atoms with E-state index in [9.17, 15) is 0 Å². The molecule has 0 atom stereocenters. The van der Waals surface area contributed by atoms with E-state index in [0.717, 1.165) is 83.2 Å². The van der Waals surface area contributed by atoms with Crippen LogP contribution in [0.4, 0.5) is 11.4 Å². The van der Waals surface area contributed by atoms with E-state index in [-0.39, 0.29) is 0 Å². The quantitative estimate of drug-likeness (QED) is 0.296. The molecule has 0 aliphatic carbocycles. The van der Waals surface area contributed by atoms with Gasteiger partial charge in [0.05, 0.1) is 43.0 Å². The average molecular weight is 520 g/mol. The predicted octanol–water partition coefficient (Wildman–Crippen LogP) is 5.74. The van der Waals surface area contributed by atoms with Crippen molar-refractivity contribution in [2.75, 3.05) is 50.2 Å². The Balaban J connectivity index is 1.57. The number of piperazine rings is 1. The van der Waals surface area contributed by atoms with Gasteiger partial charge in [0.2, 0.25) is 0 Å². The molecule has 1 aliphatic heterocycles. The molecular weight excluding hydrogens is 486 g/mol. The number of hydrogen-bond acceptors (Lipinski definition) is 6. The minimum Gasteiger partial charge on any atom is -0.493 e. The van der Waals surface area contributed by atoms with Gasteiger partial charge in [-0.2, -0.15) is 5.10 Å². The fourth-order valence-corrected chi connectivity index (χ4v) is 5.48. The van der Waals surface area contributed by atoms with Crippen LogP contribution in [0.1, 0.15) is 30.2 Å².